The van der Waals surface area contributed by atoms with Crippen molar-refractivity contribution in [2.75, 3.05) is 14.2 Å². The van der Waals surface area contributed by atoms with Crippen LogP contribution in [0.2, 0.25) is 0 Å². The zero-order valence-corrected chi connectivity index (χ0v) is 13.1. The van der Waals surface area contributed by atoms with Crippen LogP contribution in [0, 0.1) is 13.8 Å². The molecular weight excluding hydrogens is 270 g/mol. The van der Waals surface area contributed by atoms with Crippen LogP contribution in [-0.2, 0) is 20.1 Å². The molecule has 1 N–H and O–H groups in total. The Morgan fingerprint density at radius 3 is 2.10 bits per heavy atom. The first-order valence-electron chi connectivity index (χ1n) is 6.70. The third kappa shape index (κ3) is 3.13. The van der Waals surface area contributed by atoms with Crippen molar-refractivity contribution in [3.05, 3.63) is 28.8 Å². The smallest absolute Gasteiger partial charge is 0.224 e. The van der Waals surface area contributed by atoms with E-state index in [1.54, 1.807) is 14.2 Å². The van der Waals surface area contributed by atoms with E-state index in [-0.39, 0.29) is 0 Å². The molecule has 0 radical (unpaired) electrons. The van der Waals surface area contributed by atoms with Gasteiger partial charge in [0.15, 0.2) is 0 Å². The van der Waals surface area contributed by atoms with E-state index in [0.717, 1.165) is 17.0 Å². The van der Waals surface area contributed by atoms with Crippen LogP contribution in [0.15, 0.2) is 6.33 Å². The second-order valence-corrected chi connectivity index (χ2v) is 4.75. The summed E-state index contributed by atoms with van der Waals surface area (Å²) < 4.78 is 12.4. The van der Waals surface area contributed by atoms with E-state index in [0.29, 0.717) is 24.8 Å². The first-order chi connectivity index (χ1) is 10.1. The molecule has 0 fully saturated rings. The summed E-state index contributed by atoms with van der Waals surface area (Å²) >= 11 is 0. The molecule has 114 valence electrons. The van der Waals surface area contributed by atoms with Crippen molar-refractivity contribution in [1.29, 1.82) is 0 Å². The van der Waals surface area contributed by atoms with Gasteiger partial charge in [0.1, 0.15) is 6.33 Å². The predicted molar refractivity (Wildman–Crippen MR) is 78.4 cm³/mol. The Labute approximate surface area is 124 Å². The molecule has 0 saturated carbocycles. The molecule has 0 aliphatic rings. The van der Waals surface area contributed by atoms with Gasteiger partial charge in [-0.05, 0) is 13.8 Å². The number of hydrogen-bond acceptors (Lipinski definition) is 6. The van der Waals surface area contributed by atoms with Gasteiger partial charge in [0.2, 0.25) is 11.8 Å². The third-order valence-corrected chi connectivity index (χ3v) is 3.52. The van der Waals surface area contributed by atoms with Crippen LogP contribution in [0.5, 0.6) is 11.8 Å². The summed E-state index contributed by atoms with van der Waals surface area (Å²) in [5.41, 5.74) is 4.20. The topological polar surface area (TPSA) is 74.1 Å². The van der Waals surface area contributed by atoms with E-state index >= 15 is 0 Å². The van der Waals surface area contributed by atoms with Crippen LogP contribution in [0.25, 0.3) is 0 Å². The molecule has 2 aromatic heterocycles. The molecule has 0 spiro atoms. The Bertz CT molecular complexity index is 602. The van der Waals surface area contributed by atoms with Crippen molar-refractivity contribution in [3.8, 4) is 11.8 Å². The van der Waals surface area contributed by atoms with Gasteiger partial charge < -0.3 is 14.8 Å². The normalized spacial score (nSPS) is 10.7. The lowest BCUT2D eigenvalue weighted by Gasteiger charge is -2.11. The lowest BCUT2D eigenvalue weighted by molar-refractivity contribution is 0.359. The molecule has 0 amide bonds. The monoisotopic (exact) mass is 291 g/mol. The molecule has 0 unspecified atom stereocenters. The highest BCUT2D eigenvalue weighted by Gasteiger charge is 2.14. The molecule has 0 bridgehead atoms. The third-order valence-electron chi connectivity index (χ3n) is 3.52. The Morgan fingerprint density at radius 1 is 1.05 bits per heavy atom. The Balaban J connectivity index is 2.10. The van der Waals surface area contributed by atoms with Gasteiger partial charge in [0, 0.05) is 31.4 Å². The van der Waals surface area contributed by atoms with Gasteiger partial charge >= 0.3 is 0 Å². The van der Waals surface area contributed by atoms with Crippen LogP contribution in [-0.4, -0.2) is 34.0 Å². The molecule has 0 atom stereocenters. The molecule has 7 nitrogen and oxygen atoms in total. The Morgan fingerprint density at radius 2 is 1.62 bits per heavy atom. The summed E-state index contributed by atoms with van der Waals surface area (Å²) in [5, 5.41) is 7.78. The summed E-state index contributed by atoms with van der Waals surface area (Å²) in [6.45, 7) is 5.34. The first kappa shape index (κ1) is 15.2. The summed E-state index contributed by atoms with van der Waals surface area (Å²) in [6.07, 6.45) is 1.43. The summed E-state index contributed by atoms with van der Waals surface area (Å²) in [4.78, 5) is 8.20. The van der Waals surface area contributed by atoms with Gasteiger partial charge in [0.25, 0.3) is 0 Å². The molecule has 0 aliphatic heterocycles. The van der Waals surface area contributed by atoms with E-state index in [1.165, 1.54) is 11.9 Å². The van der Waals surface area contributed by atoms with Gasteiger partial charge in [-0.25, -0.2) is 9.97 Å². The number of rotatable bonds is 6. The second-order valence-electron chi connectivity index (χ2n) is 4.75. The van der Waals surface area contributed by atoms with Crippen LogP contribution < -0.4 is 14.8 Å². The maximum Gasteiger partial charge on any atom is 0.224 e. The molecule has 21 heavy (non-hydrogen) atoms. The van der Waals surface area contributed by atoms with E-state index in [2.05, 4.69) is 27.3 Å². The highest BCUT2D eigenvalue weighted by Crippen LogP contribution is 2.23. The van der Waals surface area contributed by atoms with Crippen molar-refractivity contribution >= 4 is 0 Å². The highest BCUT2D eigenvalue weighted by atomic mass is 16.5. The standard InChI is InChI=1S/C14H21N5O2/c1-9-11(10(2)19(3)18-9)6-15-7-12-13(20-4)16-8-17-14(12)21-5/h8,15H,6-7H2,1-5H3. The number of nitrogens with one attached hydrogen (secondary N) is 1. The minimum atomic E-state index is 0.522. The van der Waals surface area contributed by atoms with E-state index < -0.39 is 0 Å². The van der Waals surface area contributed by atoms with Crippen LogP contribution in [0.1, 0.15) is 22.5 Å². The first-order valence-corrected chi connectivity index (χ1v) is 6.70. The maximum absolute atomic E-state index is 5.25. The number of ether oxygens (including phenoxy) is 2. The van der Waals surface area contributed by atoms with E-state index in [9.17, 15) is 0 Å². The lowest BCUT2D eigenvalue weighted by Crippen LogP contribution is -2.16. The fraction of sp³-hybridized carbons (Fsp3) is 0.500. The molecule has 2 aromatic rings. The number of aryl methyl sites for hydroxylation is 2. The lowest BCUT2D eigenvalue weighted by atomic mass is 10.2. The van der Waals surface area contributed by atoms with Gasteiger partial charge in [-0.2, -0.15) is 5.10 Å². The minimum absolute atomic E-state index is 0.522. The second kappa shape index (κ2) is 6.53. The number of hydrogen-bond donors (Lipinski definition) is 1. The summed E-state index contributed by atoms with van der Waals surface area (Å²) in [5.74, 6) is 1.04. The molecule has 7 heteroatoms. The van der Waals surface area contributed by atoms with E-state index in [4.69, 9.17) is 9.47 Å². The fourth-order valence-electron chi connectivity index (χ4n) is 2.27. The Kier molecular flexibility index (Phi) is 4.74. The average Bonchev–Trinajstić information content (AvgIpc) is 2.73. The van der Waals surface area contributed by atoms with Crippen molar-refractivity contribution < 1.29 is 9.47 Å². The zero-order chi connectivity index (χ0) is 15.4. The number of methoxy groups -OCH3 is 2. The SMILES string of the molecule is COc1ncnc(OC)c1CNCc1c(C)nn(C)c1C. The minimum Gasteiger partial charge on any atom is -0.481 e. The highest BCUT2D eigenvalue weighted by molar-refractivity contribution is 5.34. The Hall–Kier alpha value is -2.15. The van der Waals surface area contributed by atoms with E-state index in [1.807, 2.05) is 18.7 Å². The van der Waals surface area contributed by atoms with Gasteiger partial charge in [-0.3, -0.25) is 4.68 Å². The molecule has 2 heterocycles. The quantitative estimate of drug-likeness (QED) is 0.860. The average molecular weight is 291 g/mol. The number of nitrogens with zero attached hydrogens (tertiary/aromatic N) is 4. The van der Waals surface area contributed by atoms with Gasteiger partial charge in [0.05, 0.1) is 25.5 Å². The van der Waals surface area contributed by atoms with Crippen molar-refractivity contribution in [3.63, 3.8) is 0 Å². The fourth-order valence-corrected chi connectivity index (χ4v) is 2.27. The molecule has 2 rings (SSSR count). The van der Waals surface area contributed by atoms with Gasteiger partial charge in [-0.15, -0.1) is 0 Å². The van der Waals surface area contributed by atoms with Crippen molar-refractivity contribution in [1.82, 2.24) is 25.1 Å². The van der Waals surface area contributed by atoms with Crippen molar-refractivity contribution in [2.45, 2.75) is 26.9 Å². The van der Waals surface area contributed by atoms with Crippen LogP contribution in [0.3, 0.4) is 0 Å². The van der Waals surface area contributed by atoms with Gasteiger partial charge in [-0.1, -0.05) is 0 Å². The molecule has 0 saturated heterocycles. The molecule has 0 aromatic carbocycles. The zero-order valence-electron chi connectivity index (χ0n) is 13.1. The van der Waals surface area contributed by atoms with Crippen LogP contribution in [0.4, 0.5) is 0 Å². The summed E-state index contributed by atoms with van der Waals surface area (Å²) in [7, 11) is 5.12. The number of aromatic nitrogens is 4. The van der Waals surface area contributed by atoms with Crippen LogP contribution >= 0.6 is 0 Å². The summed E-state index contributed by atoms with van der Waals surface area (Å²) in [6, 6.07) is 0. The largest absolute Gasteiger partial charge is 0.481 e. The molecular formula is C14H21N5O2. The maximum atomic E-state index is 5.25. The predicted octanol–water partition coefficient (Wildman–Crippen LogP) is 1.13. The van der Waals surface area contributed by atoms with Crippen molar-refractivity contribution in [2.24, 2.45) is 7.05 Å². The molecule has 0 aliphatic carbocycles.